The third-order valence-corrected chi connectivity index (χ3v) is 4.02. The summed E-state index contributed by atoms with van der Waals surface area (Å²) < 4.78 is 1.19. The van der Waals surface area contributed by atoms with Gasteiger partial charge in [0, 0.05) is 25.0 Å². The highest BCUT2D eigenvalue weighted by Gasteiger charge is 1.99. The molecule has 0 saturated heterocycles. The molecule has 0 spiro atoms. The summed E-state index contributed by atoms with van der Waals surface area (Å²) in [6, 6.07) is 4.25. The van der Waals surface area contributed by atoms with Gasteiger partial charge in [-0.25, -0.2) is 0 Å². The Kier molecular flexibility index (Phi) is 7.28. The van der Waals surface area contributed by atoms with Gasteiger partial charge in [-0.1, -0.05) is 13.3 Å². The molecule has 0 fully saturated rings. The summed E-state index contributed by atoms with van der Waals surface area (Å²) >= 11 is 5.26. The van der Waals surface area contributed by atoms with Crippen molar-refractivity contribution in [3.63, 3.8) is 0 Å². The number of rotatable bonds is 6. The summed E-state index contributed by atoms with van der Waals surface area (Å²) in [5, 5.41) is 6.61. The summed E-state index contributed by atoms with van der Waals surface area (Å²) in [4.78, 5) is 5.57. The molecule has 0 radical (unpaired) electrons. The Labute approximate surface area is 116 Å². The fourth-order valence-corrected chi connectivity index (χ4v) is 2.88. The van der Waals surface area contributed by atoms with Crippen LogP contribution in [0.2, 0.25) is 0 Å². The molecule has 0 saturated carbocycles. The zero-order valence-corrected chi connectivity index (χ0v) is 12.8. The van der Waals surface area contributed by atoms with Gasteiger partial charge in [-0.2, -0.15) is 0 Å². The summed E-state index contributed by atoms with van der Waals surface area (Å²) in [5.74, 6) is 0.897. The summed E-state index contributed by atoms with van der Waals surface area (Å²) in [6.07, 6.45) is 3.41. The molecule has 1 heterocycles. The summed E-state index contributed by atoms with van der Waals surface area (Å²) in [5.41, 5.74) is 0. The number of hydrogen-bond donors (Lipinski definition) is 2. The first-order valence-corrected chi connectivity index (χ1v) is 7.56. The molecule has 2 N–H and O–H groups in total. The maximum absolute atomic E-state index is 4.18. The maximum atomic E-state index is 4.18. The lowest BCUT2D eigenvalue weighted by molar-refractivity contribution is 0.727. The van der Waals surface area contributed by atoms with Crippen molar-refractivity contribution >= 4 is 33.2 Å². The van der Waals surface area contributed by atoms with Crippen molar-refractivity contribution in [2.24, 2.45) is 4.99 Å². The molecule has 0 atom stereocenters. The quantitative estimate of drug-likeness (QED) is 0.480. The van der Waals surface area contributed by atoms with E-state index in [0.717, 1.165) is 25.5 Å². The lowest BCUT2D eigenvalue weighted by Gasteiger charge is -2.10. The van der Waals surface area contributed by atoms with E-state index in [1.807, 2.05) is 7.05 Å². The van der Waals surface area contributed by atoms with Crippen LogP contribution in [-0.4, -0.2) is 26.1 Å². The van der Waals surface area contributed by atoms with Crippen LogP contribution in [0.3, 0.4) is 0 Å². The zero-order chi connectivity index (χ0) is 12.5. The second-order valence-electron chi connectivity index (χ2n) is 3.74. The summed E-state index contributed by atoms with van der Waals surface area (Å²) in [7, 11) is 1.81. The molecule has 0 amide bonds. The van der Waals surface area contributed by atoms with Gasteiger partial charge >= 0.3 is 0 Å². The van der Waals surface area contributed by atoms with E-state index in [1.54, 1.807) is 11.3 Å². The van der Waals surface area contributed by atoms with Crippen LogP contribution in [0.15, 0.2) is 20.9 Å². The minimum absolute atomic E-state index is 0.897. The predicted molar refractivity (Wildman–Crippen MR) is 80.0 cm³/mol. The molecule has 0 aromatic carbocycles. The Morgan fingerprint density at radius 3 is 2.71 bits per heavy atom. The van der Waals surface area contributed by atoms with Gasteiger partial charge in [0.1, 0.15) is 0 Å². The van der Waals surface area contributed by atoms with Gasteiger partial charge in [0.25, 0.3) is 0 Å². The van der Waals surface area contributed by atoms with Crippen molar-refractivity contribution in [2.75, 3.05) is 20.1 Å². The van der Waals surface area contributed by atoms with Crippen LogP contribution in [-0.2, 0) is 6.42 Å². The molecule has 3 nitrogen and oxygen atoms in total. The minimum atomic E-state index is 0.897. The van der Waals surface area contributed by atoms with Crippen LogP contribution < -0.4 is 10.6 Å². The van der Waals surface area contributed by atoms with E-state index >= 15 is 0 Å². The molecule has 5 heteroatoms. The van der Waals surface area contributed by atoms with Crippen molar-refractivity contribution in [3.05, 3.63) is 20.8 Å². The van der Waals surface area contributed by atoms with E-state index in [0.29, 0.717) is 0 Å². The average Bonchev–Trinajstić information content (AvgIpc) is 2.73. The van der Waals surface area contributed by atoms with E-state index in [1.165, 1.54) is 21.5 Å². The normalized spacial score (nSPS) is 11.6. The second-order valence-corrected chi connectivity index (χ2v) is 6.28. The van der Waals surface area contributed by atoms with Crippen molar-refractivity contribution in [1.29, 1.82) is 0 Å². The van der Waals surface area contributed by atoms with Gasteiger partial charge in [-0.05, 0) is 40.9 Å². The molecule has 0 aliphatic rings. The third kappa shape index (κ3) is 6.07. The van der Waals surface area contributed by atoms with E-state index < -0.39 is 0 Å². The Morgan fingerprint density at radius 1 is 1.35 bits per heavy atom. The van der Waals surface area contributed by atoms with Gasteiger partial charge in [-0.3, -0.25) is 4.99 Å². The smallest absolute Gasteiger partial charge is 0.190 e. The van der Waals surface area contributed by atoms with Crippen LogP contribution >= 0.6 is 27.3 Å². The predicted octanol–water partition coefficient (Wildman–Crippen LogP) is 3.02. The largest absolute Gasteiger partial charge is 0.356 e. The topological polar surface area (TPSA) is 36.4 Å². The Bertz CT molecular complexity index is 349. The first-order chi connectivity index (χ1) is 8.26. The molecule has 1 aromatic rings. The SMILES string of the molecule is CCCCNC(=NC)NCCc1ccc(Br)s1. The molecular weight excluding hydrogens is 298 g/mol. The Morgan fingerprint density at radius 2 is 2.12 bits per heavy atom. The van der Waals surface area contributed by atoms with E-state index in [2.05, 4.69) is 50.6 Å². The molecular formula is C12H20BrN3S. The van der Waals surface area contributed by atoms with Crippen molar-refractivity contribution in [1.82, 2.24) is 10.6 Å². The minimum Gasteiger partial charge on any atom is -0.356 e. The molecule has 1 aromatic heterocycles. The fourth-order valence-electron chi connectivity index (χ4n) is 1.39. The van der Waals surface area contributed by atoms with Gasteiger partial charge in [0.2, 0.25) is 0 Å². The van der Waals surface area contributed by atoms with Gasteiger partial charge in [-0.15, -0.1) is 11.3 Å². The van der Waals surface area contributed by atoms with E-state index in [-0.39, 0.29) is 0 Å². The highest BCUT2D eigenvalue weighted by Crippen LogP contribution is 2.21. The van der Waals surface area contributed by atoms with Crippen LogP contribution in [0.25, 0.3) is 0 Å². The Hall–Kier alpha value is -0.550. The molecule has 17 heavy (non-hydrogen) atoms. The lowest BCUT2D eigenvalue weighted by atomic mass is 10.3. The fraction of sp³-hybridized carbons (Fsp3) is 0.583. The molecule has 0 aliphatic heterocycles. The van der Waals surface area contributed by atoms with Gasteiger partial charge in [0.05, 0.1) is 3.79 Å². The van der Waals surface area contributed by atoms with Crippen LogP contribution in [0.1, 0.15) is 24.6 Å². The van der Waals surface area contributed by atoms with E-state index in [4.69, 9.17) is 0 Å². The molecule has 0 aliphatic carbocycles. The van der Waals surface area contributed by atoms with Gasteiger partial charge in [0.15, 0.2) is 5.96 Å². The number of thiophene rings is 1. The standard InChI is InChI=1S/C12H20BrN3S/c1-3-4-8-15-12(14-2)16-9-7-10-5-6-11(13)17-10/h5-6H,3-4,7-9H2,1-2H3,(H2,14,15,16). The highest BCUT2D eigenvalue weighted by molar-refractivity contribution is 9.11. The Balaban J connectivity index is 2.19. The third-order valence-electron chi connectivity index (χ3n) is 2.34. The number of halogens is 1. The van der Waals surface area contributed by atoms with Crippen molar-refractivity contribution in [3.8, 4) is 0 Å². The number of nitrogens with zero attached hydrogens (tertiary/aromatic N) is 1. The molecule has 0 unspecified atom stereocenters. The average molecular weight is 318 g/mol. The number of guanidine groups is 1. The number of nitrogens with one attached hydrogen (secondary N) is 2. The molecule has 1 rings (SSSR count). The van der Waals surface area contributed by atoms with Crippen molar-refractivity contribution < 1.29 is 0 Å². The lowest BCUT2D eigenvalue weighted by Crippen LogP contribution is -2.38. The molecule has 96 valence electrons. The first-order valence-electron chi connectivity index (χ1n) is 5.95. The highest BCUT2D eigenvalue weighted by atomic mass is 79.9. The number of hydrogen-bond acceptors (Lipinski definition) is 2. The second kappa shape index (κ2) is 8.53. The number of unbranched alkanes of at least 4 members (excludes halogenated alkanes) is 1. The van der Waals surface area contributed by atoms with Crippen LogP contribution in [0.4, 0.5) is 0 Å². The van der Waals surface area contributed by atoms with Crippen LogP contribution in [0.5, 0.6) is 0 Å². The van der Waals surface area contributed by atoms with Crippen molar-refractivity contribution in [2.45, 2.75) is 26.2 Å². The summed E-state index contributed by atoms with van der Waals surface area (Å²) in [6.45, 7) is 4.09. The molecule has 0 bridgehead atoms. The maximum Gasteiger partial charge on any atom is 0.190 e. The van der Waals surface area contributed by atoms with Gasteiger partial charge < -0.3 is 10.6 Å². The van der Waals surface area contributed by atoms with Crippen LogP contribution in [0, 0.1) is 0 Å². The van der Waals surface area contributed by atoms with E-state index in [9.17, 15) is 0 Å². The monoisotopic (exact) mass is 317 g/mol. The number of aliphatic imine (C=N–C) groups is 1. The first kappa shape index (κ1) is 14.5. The zero-order valence-electron chi connectivity index (χ0n) is 10.4.